The Kier molecular flexibility index (Phi) is 8.38. The van der Waals surface area contributed by atoms with Gasteiger partial charge in [0, 0.05) is 54.9 Å². The van der Waals surface area contributed by atoms with Gasteiger partial charge in [0.1, 0.15) is 22.3 Å². The summed E-state index contributed by atoms with van der Waals surface area (Å²) in [6, 6.07) is 77.7. The van der Waals surface area contributed by atoms with Gasteiger partial charge in [0.05, 0.1) is 5.69 Å². The molecule has 69 heavy (non-hydrogen) atoms. The van der Waals surface area contributed by atoms with Crippen LogP contribution in [-0.4, -0.2) is 0 Å². The molecule has 0 aliphatic heterocycles. The van der Waals surface area contributed by atoms with Crippen molar-refractivity contribution in [1.29, 1.82) is 0 Å². The first-order valence-corrected chi connectivity index (χ1v) is 24.1. The fourth-order valence-electron chi connectivity index (χ4n) is 11.9. The average molecular weight is 886 g/mol. The van der Waals surface area contributed by atoms with Gasteiger partial charge in [-0.05, 0) is 133 Å². The van der Waals surface area contributed by atoms with Gasteiger partial charge in [-0.1, -0.05) is 173 Å². The SMILES string of the molecule is CC1(C)c2ccc(-c3ccc(N(c4ccc(-c5ccc6oc7ccccc7c6c5)cc4)c4cccc5c4-c4ccccc4C5(C)C)cc3)cc2-c2ccc(-c3cccc4c3oc3ccccc34)cc21. The van der Waals surface area contributed by atoms with Crippen molar-refractivity contribution in [2.24, 2.45) is 0 Å². The second-order valence-electron chi connectivity index (χ2n) is 20.0. The van der Waals surface area contributed by atoms with E-state index in [1.54, 1.807) is 0 Å². The van der Waals surface area contributed by atoms with E-state index >= 15 is 0 Å². The number of rotatable bonds is 6. The molecule has 0 bridgehead atoms. The monoisotopic (exact) mass is 885 g/mol. The quantitative estimate of drug-likeness (QED) is 0.167. The molecule has 0 saturated heterocycles. The van der Waals surface area contributed by atoms with E-state index in [0.29, 0.717) is 0 Å². The van der Waals surface area contributed by atoms with Gasteiger partial charge in [0.25, 0.3) is 0 Å². The lowest BCUT2D eigenvalue weighted by Crippen LogP contribution is -2.16. The van der Waals surface area contributed by atoms with Crippen molar-refractivity contribution >= 4 is 60.9 Å². The number of para-hydroxylation sites is 3. The molecular formula is C66H47NO2. The number of hydrogen-bond acceptors (Lipinski definition) is 3. The fourth-order valence-corrected chi connectivity index (χ4v) is 11.9. The van der Waals surface area contributed by atoms with E-state index in [2.05, 4.69) is 227 Å². The molecule has 328 valence electrons. The Hall–Kier alpha value is -8.40. The summed E-state index contributed by atoms with van der Waals surface area (Å²) in [6.45, 7) is 9.43. The second-order valence-corrected chi connectivity index (χ2v) is 20.0. The summed E-state index contributed by atoms with van der Waals surface area (Å²) in [5.74, 6) is 0. The van der Waals surface area contributed by atoms with Gasteiger partial charge in [-0.25, -0.2) is 0 Å². The van der Waals surface area contributed by atoms with Crippen molar-refractivity contribution in [2.45, 2.75) is 38.5 Å². The van der Waals surface area contributed by atoms with E-state index in [0.717, 1.165) is 71.9 Å². The van der Waals surface area contributed by atoms with Crippen LogP contribution in [0.1, 0.15) is 49.9 Å². The van der Waals surface area contributed by atoms with Crippen LogP contribution in [-0.2, 0) is 10.8 Å². The molecule has 0 radical (unpaired) electrons. The molecule has 0 N–H and O–H groups in total. The summed E-state index contributed by atoms with van der Waals surface area (Å²) in [5.41, 5.74) is 24.4. The van der Waals surface area contributed by atoms with Gasteiger partial charge < -0.3 is 13.7 Å². The summed E-state index contributed by atoms with van der Waals surface area (Å²) in [6.07, 6.45) is 0. The van der Waals surface area contributed by atoms with Crippen LogP contribution in [0.5, 0.6) is 0 Å². The molecule has 3 heteroatoms. The van der Waals surface area contributed by atoms with Gasteiger partial charge in [-0.2, -0.15) is 0 Å². The number of anilines is 3. The number of benzene rings is 10. The predicted octanol–water partition coefficient (Wildman–Crippen LogP) is 18.6. The van der Waals surface area contributed by atoms with E-state index in [1.165, 1.54) is 66.9 Å². The lowest BCUT2D eigenvalue weighted by Gasteiger charge is -2.29. The van der Waals surface area contributed by atoms with E-state index in [-0.39, 0.29) is 10.8 Å². The molecule has 2 heterocycles. The molecule has 14 rings (SSSR count). The van der Waals surface area contributed by atoms with Crippen LogP contribution in [0.25, 0.3) is 99.5 Å². The number of furan rings is 2. The van der Waals surface area contributed by atoms with Gasteiger partial charge >= 0.3 is 0 Å². The predicted molar refractivity (Wildman–Crippen MR) is 287 cm³/mol. The molecule has 2 aromatic heterocycles. The summed E-state index contributed by atoms with van der Waals surface area (Å²) < 4.78 is 12.7. The summed E-state index contributed by atoms with van der Waals surface area (Å²) in [7, 11) is 0. The van der Waals surface area contributed by atoms with Crippen LogP contribution >= 0.6 is 0 Å². The van der Waals surface area contributed by atoms with Gasteiger partial charge in [0.15, 0.2) is 0 Å². The normalized spacial score (nSPS) is 14.0. The van der Waals surface area contributed by atoms with Crippen LogP contribution in [0.3, 0.4) is 0 Å². The minimum Gasteiger partial charge on any atom is -0.456 e. The molecule has 0 saturated carbocycles. The molecule has 2 aliphatic rings. The van der Waals surface area contributed by atoms with E-state index in [4.69, 9.17) is 8.83 Å². The summed E-state index contributed by atoms with van der Waals surface area (Å²) in [4.78, 5) is 2.45. The minimum atomic E-state index is -0.162. The summed E-state index contributed by atoms with van der Waals surface area (Å²) >= 11 is 0. The Morgan fingerprint density at radius 2 is 0.855 bits per heavy atom. The van der Waals surface area contributed by atoms with Crippen LogP contribution in [0.4, 0.5) is 17.1 Å². The zero-order valence-electron chi connectivity index (χ0n) is 39.0. The number of nitrogens with zero attached hydrogens (tertiary/aromatic N) is 1. The Morgan fingerprint density at radius 1 is 0.319 bits per heavy atom. The number of fused-ring (bicyclic) bond motifs is 12. The Bertz CT molecular complexity index is 4070. The third-order valence-corrected chi connectivity index (χ3v) is 15.5. The third kappa shape index (κ3) is 5.87. The van der Waals surface area contributed by atoms with Crippen molar-refractivity contribution in [3.63, 3.8) is 0 Å². The van der Waals surface area contributed by atoms with Crippen molar-refractivity contribution < 1.29 is 8.83 Å². The smallest absolute Gasteiger partial charge is 0.143 e. The van der Waals surface area contributed by atoms with Gasteiger partial charge in [-0.15, -0.1) is 0 Å². The van der Waals surface area contributed by atoms with Crippen molar-refractivity contribution in [3.8, 4) is 55.6 Å². The lowest BCUT2D eigenvalue weighted by atomic mass is 9.81. The highest BCUT2D eigenvalue weighted by Crippen LogP contribution is 2.55. The highest BCUT2D eigenvalue weighted by atomic mass is 16.3. The maximum absolute atomic E-state index is 6.49. The first-order chi connectivity index (χ1) is 33.7. The largest absolute Gasteiger partial charge is 0.456 e. The number of hydrogen-bond donors (Lipinski definition) is 0. The zero-order chi connectivity index (χ0) is 46.2. The molecule has 3 nitrogen and oxygen atoms in total. The van der Waals surface area contributed by atoms with Crippen LogP contribution < -0.4 is 4.90 Å². The summed E-state index contributed by atoms with van der Waals surface area (Å²) in [5, 5.41) is 4.57. The molecule has 10 aromatic carbocycles. The van der Waals surface area contributed by atoms with Crippen molar-refractivity contribution in [1.82, 2.24) is 0 Å². The standard InChI is InChI=1S/C66H47NO2/c1-65(2)55-18-8-5-15-52(55)63-57(65)19-12-20-59(63)67(46-32-25-41(26-33-46)43-29-36-62-54(38-43)50-14-7-9-21-60(50)68-62)45-30-23-40(24-31-45)42-28-35-56-53(37-42)48-34-27-44(39-58(48)66(56,3)4)47-16-11-17-51-49-13-6-10-22-61(49)69-64(47)51/h5-39H,1-4H3. The Morgan fingerprint density at radius 3 is 1.62 bits per heavy atom. The van der Waals surface area contributed by atoms with Crippen LogP contribution in [0.2, 0.25) is 0 Å². The Balaban J connectivity index is 0.846. The lowest BCUT2D eigenvalue weighted by molar-refractivity contribution is 0.660. The maximum Gasteiger partial charge on any atom is 0.143 e. The average Bonchev–Trinajstić information content (AvgIpc) is 4.09. The first kappa shape index (κ1) is 39.7. The van der Waals surface area contributed by atoms with Crippen molar-refractivity contribution in [2.75, 3.05) is 4.90 Å². The van der Waals surface area contributed by atoms with Gasteiger partial charge in [-0.3, -0.25) is 0 Å². The topological polar surface area (TPSA) is 29.5 Å². The molecule has 2 aliphatic carbocycles. The van der Waals surface area contributed by atoms with Crippen LogP contribution in [0, 0.1) is 0 Å². The first-order valence-electron chi connectivity index (χ1n) is 24.1. The third-order valence-electron chi connectivity index (χ3n) is 15.5. The molecule has 12 aromatic rings. The highest BCUT2D eigenvalue weighted by Gasteiger charge is 2.38. The molecular weight excluding hydrogens is 839 g/mol. The molecule has 0 spiro atoms. The zero-order valence-corrected chi connectivity index (χ0v) is 39.0. The molecule has 0 unspecified atom stereocenters. The molecule has 0 fully saturated rings. The molecule has 0 atom stereocenters. The van der Waals surface area contributed by atoms with E-state index in [1.807, 2.05) is 18.2 Å². The van der Waals surface area contributed by atoms with Gasteiger partial charge in [0.2, 0.25) is 0 Å². The second kappa shape index (κ2) is 14.6. The Labute approximate surface area is 401 Å². The molecule has 0 amide bonds. The van der Waals surface area contributed by atoms with E-state index < -0.39 is 0 Å². The highest BCUT2D eigenvalue weighted by molar-refractivity contribution is 6.10. The fraction of sp³-hybridized carbons (Fsp3) is 0.0909. The minimum absolute atomic E-state index is 0.123. The van der Waals surface area contributed by atoms with E-state index in [9.17, 15) is 0 Å². The maximum atomic E-state index is 6.49. The van der Waals surface area contributed by atoms with Crippen LogP contribution in [0.15, 0.2) is 221 Å². The van der Waals surface area contributed by atoms with Crippen molar-refractivity contribution in [3.05, 3.63) is 235 Å².